The summed E-state index contributed by atoms with van der Waals surface area (Å²) in [5.74, 6) is 0.975. The van der Waals surface area contributed by atoms with Crippen molar-refractivity contribution in [3.63, 3.8) is 0 Å². The van der Waals surface area contributed by atoms with E-state index >= 15 is 0 Å². The molecule has 2 fully saturated rings. The van der Waals surface area contributed by atoms with E-state index in [4.69, 9.17) is 16.3 Å². The normalized spacial score (nSPS) is 18.2. The summed E-state index contributed by atoms with van der Waals surface area (Å²) in [7, 11) is 0. The Hall–Kier alpha value is -2.96. The first-order chi connectivity index (χ1) is 20.8. The Bertz CT molecular complexity index is 1060. The summed E-state index contributed by atoms with van der Waals surface area (Å²) in [6, 6.07) is 16.3. The number of amides is 2. The largest absolute Gasteiger partial charge is 0.489 e. The first-order valence-corrected chi connectivity index (χ1v) is 16.5. The van der Waals surface area contributed by atoms with Gasteiger partial charge in [-0.2, -0.15) is 0 Å². The summed E-state index contributed by atoms with van der Waals surface area (Å²) < 4.78 is 6.03. The minimum absolute atomic E-state index is 0.169. The number of urea groups is 1. The van der Waals surface area contributed by atoms with Crippen molar-refractivity contribution in [2.45, 2.75) is 98.8 Å². The maximum Gasteiger partial charge on any atom is 0.319 e. The van der Waals surface area contributed by atoms with Gasteiger partial charge in [0.2, 0.25) is 0 Å². The van der Waals surface area contributed by atoms with Gasteiger partial charge in [0.05, 0.1) is 22.5 Å². The first-order valence-electron chi connectivity index (χ1n) is 16.1. The Morgan fingerprint density at radius 2 is 1.58 bits per heavy atom. The summed E-state index contributed by atoms with van der Waals surface area (Å²) >= 11 is 6.14. The zero-order valence-corrected chi connectivity index (χ0v) is 28.5. The maximum absolute atomic E-state index is 12.4. The monoisotopic (exact) mass is 612 g/mol. The number of allylic oxidation sites excluding steroid dienone is 3. The molecule has 0 unspecified atom stereocenters. The van der Waals surface area contributed by atoms with E-state index in [1.54, 1.807) is 12.1 Å². The van der Waals surface area contributed by atoms with Crippen molar-refractivity contribution >= 4 is 29.0 Å². The van der Waals surface area contributed by atoms with E-state index < -0.39 is 0 Å². The molecule has 0 aromatic heterocycles. The van der Waals surface area contributed by atoms with Crippen molar-refractivity contribution in [2.75, 3.05) is 36.4 Å². The topological polar surface area (TPSA) is 56.8 Å². The molecule has 0 bridgehead atoms. The third-order valence-electron chi connectivity index (χ3n) is 6.88. The van der Waals surface area contributed by atoms with Crippen LogP contribution < -0.4 is 20.3 Å². The van der Waals surface area contributed by atoms with Gasteiger partial charge >= 0.3 is 6.03 Å². The summed E-state index contributed by atoms with van der Waals surface area (Å²) in [6.45, 7) is 22.0. The van der Waals surface area contributed by atoms with E-state index in [0.717, 1.165) is 57.6 Å². The predicted molar refractivity (Wildman–Crippen MR) is 188 cm³/mol. The number of halogens is 1. The number of nitrogens with zero attached hydrogens (tertiary/aromatic N) is 2. The first kappa shape index (κ1) is 38.1. The highest BCUT2D eigenvalue weighted by Gasteiger charge is 2.29. The zero-order chi connectivity index (χ0) is 32.0. The summed E-state index contributed by atoms with van der Waals surface area (Å²) in [5, 5.41) is 6.53. The molecule has 4 rings (SSSR count). The molecule has 240 valence electrons. The van der Waals surface area contributed by atoms with Crippen molar-refractivity contribution in [1.29, 1.82) is 0 Å². The van der Waals surface area contributed by atoms with Crippen molar-refractivity contribution in [3.05, 3.63) is 78.4 Å². The molecule has 2 aromatic carbocycles. The van der Waals surface area contributed by atoms with E-state index in [2.05, 4.69) is 72.9 Å². The fourth-order valence-electron chi connectivity index (χ4n) is 5.03. The van der Waals surface area contributed by atoms with Crippen LogP contribution in [0.3, 0.4) is 0 Å². The zero-order valence-electron chi connectivity index (χ0n) is 27.7. The van der Waals surface area contributed by atoms with Crippen LogP contribution in [0.25, 0.3) is 0 Å². The fraction of sp³-hybridized carbons (Fsp3) is 0.528. The molecule has 1 heterocycles. The van der Waals surface area contributed by atoms with Crippen LogP contribution in [-0.2, 0) is 0 Å². The Balaban J connectivity index is 0.000000813. The number of benzene rings is 2. The van der Waals surface area contributed by atoms with Gasteiger partial charge in [-0.15, -0.1) is 0 Å². The molecular formula is C36H57ClN4O2. The number of piperazine rings is 1. The maximum atomic E-state index is 12.4. The quantitative estimate of drug-likeness (QED) is 0.306. The fourth-order valence-corrected chi connectivity index (χ4v) is 5.21. The molecule has 0 spiro atoms. The second kappa shape index (κ2) is 22.6. The van der Waals surface area contributed by atoms with Gasteiger partial charge in [-0.25, -0.2) is 4.79 Å². The molecule has 7 heteroatoms. The van der Waals surface area contributed by atoms with Crippen molar-refractivity contribution in [1.82, 2.24) is 10.2 Å². The standard InChI is InChI=1S/C26H35ClN4O2.C5H8.C3H8.C2H6/c1-19(2)33-25-10-6-5-9-24(25)31-17-15-30(16-18-31)21-13-11-20(12-14-21)28-26(32)29-23-8-4-3-7-22(23)27;1-3-5-4-2;1-3-2;1-2/h3-10,19-21H,11-18H2,1-2H3,(H2,28,29,32);3-5H,1H2,2H3;3H2,1-2H3;1-2H3/b;5-4-;;. The molecule has 1 saturated carbocycles. The average molecular weight is 613 g/mol. The van der Waals surface area contributed by atoms with Gasteiger partial charge in [-0.05, 0) is 70.7 Å². The van der Waals surface area contributed by atoms with Crippen molar-refractivity contribution in [2.24, 2.45) is 0 Å². The number of para-hydroxylation sites is 3. The number of carbonyl (C=O) groups is 1. The van der Waals surface area contributed by atoms with Crippen LogP contribution in [0.1, 0.15) is 80.6 Å². The smallest absolute Gasteiger partial charge is 0.319 e. The van der Waals surface area contributed by atoms with E-state index in [1.165, 1.54) is 12.1 Å². The lowest BCUT2D eigenvalue weighted by Gasteiger charge is -2.43. The predicted octanol–water partition coefficient (Wildman–Crippen LogP) is 9.57. The lowest BCUT2D eigenvalue weighted by Crippen LogP contribution is -2.52. The van der Waals surface area contributed by atoms with E-state index in [9.17, 15) is 4.79 Å². The third kappa shape index (κ3) is 14.4. The highest BCUT2D eigenvalue weighted by Crippen LogP contribution is 2.31. The van der Waals surface area contributed by atoms with Crippen molar-refractivity contribution in [3.8, 4) is 5.75 Å². The van der Waals surface area contributed by atoms with Gasteiger partial charge in [0.1, 0.15) is 5.75 Å². The SMILES string of the molecule is C=C/C=C\C.CC.CC(C)Oc1ccccc1N1CCN(C2CCC(NC(=O)Nc3ccccc3Cl)CC2)CC1.CCC. The Morgan fingerprint density at radius 1 is 1.00 bits per heavy atom. The number of rotatable bonds is 7. The molecule has 1 aliphatic carbocycles. The number of ether oxygens (including phenoxy) is 1. The van der Waals surface area contributed by atoms with E-state index in [-0.39, 0.29) is 18.2 Å². The number of carbonyl (C=O) groups excluding carboxylic acids is 1. The molecule has 1 aliphatic heterocycles. The molecule has 2 aliphatic rings. The van der Waals surface area contributed by atoms with Gasteiger partial charge in [0.15, 0.2) is 0 Å². The summed E-state index contributed by atoms with van der Waals surface area (Å²) in [5.41, 5.74) is 1.84. The Labute approximate surface area is 267 Å². The second-order valence-electron chi connectivity index (χ2n) is 10.7. The van der Waals surface area contributed by atoms with Crippen LogP contribution in [0.4, 0.5) is 16.2 Å². The highest BCUT2D eigenvalue weighted by atomic mass is 35.5. The molecular weight excluding hydrogens is 556 g/mol. The Kier molecular flexibility index (Phi) is 20.0. The summed E-state index contributed by atoms with van der Waals surface area (Å²) in [4.78, 5) is 17.4. The average Bonchev–Trinajstić information content (AvgIpc) is 3.01. The van der Waals surface area contributed by atoms with Gasteiger partial charge in [0, 0.05) is 38.3 Å². The van der Waals surface area contributed by atoms with Crippen molar-refractivity contribution < 1.29 is 9.53 Å². The lowest BCUT2D eigenvalue weighted by molar-refractivity contribution is 0.137. The van der Waals surface area contributed by atoms with Crippen LogP contribution in [0, 0.1) is 0 Å². The molecule has 2 aromatic rings. The molecule has 6 nitrogen and oxygen atoms in total. The molecule has 0 radical (unpaired) electrons. The third-order valence-corrected chi connectivity index (χ3v) is 7.21. The lowest BCUT2D eigenvalue weighted by atomic mass is 9.90. The van der Waals surface area contributed by atoms with E-state index in [1.807, 2.05) is 57.2 Å². The molecule has 2 N–H and O–H groups in total. The highest BCUT2D eigenvalue weighted by molar-refractivity contribution is 6.33. The minimum Gasteiger partial charge on any atom is -0.489 e. The number of nitrogens with one attached hydrogen (secondary N) is 2. The minimum atomic E-state index is -0.178. The number of hydrogen-bond donors (Lipinski definition) is 2. The van der Waals surface area contributed by atoms with Crippen LogP contribution in [0.5, 0.6) is 5.75 Å². The molecule has 43 heavy (non-hydrogen) atoms. The molecule has 2 amide bonds. The molecule has 1 saturated heterocycles. The number of hydrogen-bond acceptors (Lipinski definition) is 4. The van der Waals surface area contributed by atoms with Gasteiger partial charge in [0.25, 0.3) is 0 Å². The van der Waals surface area contributed by atoms with Crippen LogP contribution in [-0.4, -0.2) is 55.3 Å². The van der Waals surface area contributed by atoms with Gasteiger partial charge in [-0.1, -0.05) is 94.8 Å². The van der Waals surface area contributed by atoms with E-state index in [0.29, 0.717) is 16.8 Å². The van der Waals surface area contributed by atoms with Crippen LogP contribution >= 0.6 is 11.6 Å². The van der Waals surface area contributed by atoms with Gasteiger partial charge < -0.3 is 20.3 Å². The summed E-state index contributed by atoms with van der Waals surface area (Å²) in [6.07, 6.45) is 11.2. The second-order valence-corrected chi connectivity index (χ2v) is 11.1. The molecule has 0 atom stereocenters. The Morgan fingerprint density at radius 3 is 2.12 bits per heavy atom. The van der Waals surface area contributed by atoms with Crippen LogP contribution in [0.2, 0.25) is 5.02 Å². The van der Waals surface area contributed by atoms with Gasteiger partial charge in [-0.3, -0.25) is 4.90 Å². The number of anilines is 2. The van der Waals surface area contributed by atoms with Crippen LogP contribution in [0.15, 0.2) is 73.3 Å².